The molecule has 1 aliphatic rings. The monoisotopic (exact) mass is 539 g/mol. The Balaban J connectivity index is 1.41. The van der Waals surface area contributed by atoms with E-state index in [1.807, 2.05) is 18.5 Å². The summed E-state index contributed by atoms with van der Waals surface area (Å²) in [6, 6.07) is 9.05. The molecule has 36 heavy (non-hydrogen) atoms. The fourth-order valence-corrected chi connectivity index (χ4v) is 6.43. The Morgan fingerprint density at radius 1 is 1.08 bits per heavy atom. The molecule has 0 saturated heterocycles. The molecule has 8 nitrogen and oxygen atoms in total. The number of para-hydroxylation sites is 1. The van der Waals surface area contributed by atoms with Gasteiger partial charge in [-0.3, -0.25) is 4.79 Å². The summed E-state index contributed by atoms with van der Waals surface area (Å²) in [6.45, 7) is 0. The highest BCUT2D eigenvalue weighted by atomic mass is 35.5. The van der Waals surface area contributed by atoms with E-state index in [4.69, 9.17) is 38.9 Å². The number of hydrogen-bond acceptors (Lipinski definition) is 7. The number of nitrogens with zero attached hydrogens (tertiary/aromatic N) is 4. The Morgan fingerprint density at radius 3 is 2.61 bits per heavy atom. The van der Waals surface area contributed by atoms with E-state index in [2.05, 4.69) is 15.3 Å². The summed E-state index contributed by atoms with van der Waals surface area (Å²) >= 11 is 14.2. The van der Waals surface area contributed by atoms with Gasteiger partial charge in [0, 0.05) is 24.4 Å². The number of aromatic nitrogens is 5. The van der Waals surface area contributed by atoms with Crippen molar-refractivity contribution in [1.29, 1.82) is 0 Å². The van der Waals surface area contributed by atoms with Gasteiger partial charge in [0.15, 0.2) is 5.82 Å². The second-order valence-corrected chi connectivity index (χ2v) is 10.8. The Kier molecular flexibility index (Phi) is 5.95. The lowest BCUT2D eigenvalue weighted by Gasteiger charge is -2.26. The number of H-pyrrole nitrogens is 1. The van der Waals surface area contributed by atoms with E-state index in [9.17, 15) is 4.79 Å². The van der Waals surface area contributed by atoms with Gasteiger partial charge in [0.25, 0.3) is 5.56 Å². The molecule has 4 N–H and O–H groups in total. The van der Waals surface area contributed by atoms with Crippen molar-refractivity contribution in [2.45, 2.75) is 37.6 Å². The van der Waals surface area contributed by atoms with Gasteiger partial charge in [-0.1, -0.05) is 42.1 Å². The Morgan fingerprint density at radius 2 is 1.83 bits per heavy atom. The number of nitrogens with one attached hydrogen (secondary N) is 2. The first-order chi connectivity index (χ1) is 17.4. The van der Waals surface area contributed by atoms with E-state index in [-0.39, 0.29) is 17.5 Å². The standard InChI is InChI=1S/C25H23Cl2N7OS/c1-34-21-17(31-25(34)32-20-13(26)6-4-7-14(20)27)10-9-16-19(21)23(35)33-22(29-16)18-11-36-24(30-18)12-5-2-3-8-15(12)28/h4,6-7,9-12,15H,2-3,5,8,28H2,1H3,(H,31,32)(H,29,33,35). The number of imidazole rings is 1. The van der Waals surface area contributed by atoms with Crippen LogP contribution in [0.3, 0.4) is 0 Å². The highest BCUT2D eigenvalue weighted by Crippen LogP contribution is 2.36. The van der Waals surface area contributed by atoms with E-state index in [0.29, 0.717) is 55.1 Å². The molecule has 1 aliphatic carbocycles. The van der Waals surface area contributed by atoms with Gasteiger partial charge in [-0.25, -0.2) is 15.0 Å². The average molecular weight is 540 g/mol. The lowest BCUT2D eigenvalue weighted by Crippen LogP contribution is -2.31. The summed E-state index contributed by atoms with van der Waals surface area (Å²) < 4.78 is 1.80. The second kappa shape index (κ2) is 9.15. The zero-order valence-electron chi connectivity index (χ0n) is 19.4. The van der Waals surface area contributed by atoms with Crippen molar-refractivity contribution in [2.75, 3.05) is 5.32 Å². The highest BCUT2D eigenvalue weighted by Gasteiger charge is 2.26. The van der Waals surface area contributed by atoms with Gasteiger partial charge in [0.2, 0.25) is 5.95 Å². The van der Waals surface area contributed by atoms with Crippen molar-refractivity contribution >= 4 is 68.1 Å². The molecule has 2 unspecified atom stereocenters. The van der Waals surface area contributed by atoms with Crippen LogP contribution < -0.4 is 16.6 Å². The molecule has 0 radical (unpaired) electrons. The van der Waals surface area contributed by atoms with Gasteiger partial charge in [-0.2, -0.15) is 0 Å². The number of fused-ring (bicyclic) bond motifs is 3. The normalized spacial score (nSPS) is 18.2. The predicted octanol–water partition coefficient (Wildman–Crippen LogP) is 5.97. The molecule has 1 saturated carbocycles. The van der Waals surface area contributed by atoms with E-state index >= 15 is 0 Å². The highest BCUT2D eigenvalue weighted by molar-refractivity contribution is 7.10. The molecular formula is C25H23Cl2N7OS. The maximum atomic E-state index is 13.3. The first-order valence-corrected chi connectivity index (χ1v) is 13.4. The van der Waals surface area contributed by atoms with Crippen LogP contribution in [0.2, 0.25) is 10.0 Å². The average Bonchev–Trinajstić information content (AvgIpc) is 3.47. The Bertz CT molecular complexity index is 1650. The van der Waals surface area contributed by atoms with Crippen molar-refractivity contribution in [2.24, 2.45) is 12.8 Å². The molecule has 0 amide bonds. The lowest BCUT2D eigenvalue weighted by molar-refractivity contribution is 0.384. The minimum Gasteiger partial charge on any atom is -0.327 e. The van der Waals surface area contributed by atoms with E-state index in [1.165, 1.54) is 12.8 Å². The van der Waals surface area contributed by atoms with Crippen molar-refractivity contribution in [3.8, 4) is 11.5 Å². The molecule has 0 aliphatic heterocycles. The predicted molar refractivity (Wildman–Crippen MR) is 147 cm³/mol. The van der Waals surface area contributed by atoms with Crippen LogP contribution in [0.5, 0.6) is 0 Å². The van der Waals surface area contributed by atoms with E-state index < -0.39 is 0 Å². The fourth-order valence-electron chi connectivity index (χ4n) is 4.92. The zero-order valence-corrected chi connectivity index (χ0v) is 21.7. The van der Waals surface area contributed by atoms with Crippen LogP contribution in [-0.2, 0) is 7.05 Å². The molecule has 3 heterocycles. The molecule has 5 aromatic rings. The van der Waals surface area contributed by atoms with Crippen LogP contribution in [-0.4, -0.2) is 30.5 Å². The Labute approximate surface area is 220 Å². The van der Waals surface area contributed by atoms with Crippen molar-refractivity contribution < 1.29 is 0 Å². The number of benzene rings is 2. The zero-order chi connectivity index (χ0) is 25.0. The summed E-state index contributed by atoms with van der Waals surface area (Å²) in [4.78, 5) is 30.5. The summed E-state index contributed by atoms with van der Waals surface area (Å²) in [5.74, 6) is 1.21. The first-order valence-electron chi connectivity index (χ1n) is 11.7. The number of nitrogens with two attached hydrogens (primary N) is 1. The van der Waals surface area contributed by atoms with Crippen LogP contribution in [0.25, 0.3) is 33.5 Å². The van der Waals surface area contributed by atoms with Gasteiger partial charge in [-0.05, 0) is 37.1 Å². The van der Waals surface area contributed by atoms with Crippen LogP contribution in [0.1, 0.15) is 36.6 Å². The number of thiazole rings is 1. The largest absolute Gasteiger partial charge is 0.327 e. The van der Waals surface area contributed by atoms with Crippen molar-refractivity contribution in [3.05, 3.63) is 61.1 Å². The molecule has 6 rings (SSSR count). The minimum absolute atomic E-state index is 0.128. The lowest BCUT2D eigenvalue weighted by atomic mass is 9.85. The number of anilines is 2. The van der Waals surface area contributed by atoms with Crippen LogP contribution in [0.4, 0.5) is 11.6 Å². The molecule has 1 fully saturated rings. The third kappa shape index (κ3) is 3.96. The third-order valence-electron chi connectivity index (χ3n) is 6.81. The van der Waals surface area contributed by atoms with Crippen LogP contribution >= 0.6 is 34.5 Å². The SMILES string of the molecule is Cn1c(Nc2c(Cl)cccc2Cl)nc2ccc3nc(-c4csc(C5CCCCC5N)n4)[nH]c(=O)c3c21. The number of rotatable bonds is 4. The molecule has 11 heteroatoms. The van der Waals surface area contributed by atoms with Crippen LogP contribution in [0, 0.1) is 0 Å². The van der Waals surface area contributed by atoms with Gasteiger partial charge in [0.1, 0.15) is 5.69 Å². The Hall–Kier alpha value is -2.98. The molecule has 2 atom stereocenters. The molecule has 0 bridgehead atoms. The molecular weight excluding hydrogens is 517 g/mol. The summed E-state index contributed by atoms with van der Waals surface area (Å²) in [7, 11) is 1.83. The molecule has 0 spiro atoms. The van der Waals surface area contributed by atoms with Gasteiger partial charge >= 0.3 is 0 Å². The topological polar surface area (TPSA) is 115 Å². The van der Waals surface area contributed by atoms with Gasteiger partial charge < -0.3 is 20.6 Å². The van der Waals surface area contributed by atoms with Crippen molar-refractivity contribution in [1.82, 2.24) is 24.5 Å². The van der Waals surface area contributed by atoms with E-state index in [0.717, 1.165) is 17.8 Å². The first kappa shape index (κ1) is 23.4. The minimum atomic E-state index is -0.255. The smallest absolute Gasteiger partial charge is 0.261 e. The molecule has 3 aromatic heterocycles. The maximum absolute atomic E-state index is 13.3. The van der Waals surface area contributed by atoms with Gasteiger partial charge in [0.05, 0.1) is 42.7 Å². The number of halogens is 2. The maximum Gasteiger partial charge on any atom is 0.261 e. The molecule has 2 aromatic carbocycles. The van der Waals surface area contributed by atoms with Crippen molar-refractivity contribution in [3.63, 3.8) is 0 Å². The summed E-state index contributed by atoms with van der Waals surface area (Å²) in [5.41, 5.74) is 9.19. The summed E-state index contributed by atoms with van der Waals surface area (Å²) in [6.07, 6.45) is 4.40. The number of hydrogen-bond donors (Lipinski definition) is 3. The number of aryl methyl sites for hydroxylation is 1. The van der Waals surface area contributed by atoms with E-state index in [1.54, 1.807) is 40.2 Å². The van der Waals surface area contributed by atoms with Gasteiger partial charge in [-0.15, -0.1) is 11.3 Å². The third-order valence-corrected chi connectivity index (χ3v) is 8.41. The number of aromatic amines is 1. The second-order valence-electron chi connectivity index (χ2n) is 9.08. The van der Waals surface area contributed by atoms with Crippen LogP contribution in [0.15, 0.2) is 40.5 Å². The molecule has 184 valence electrons. The summed E-state index contributed by atoms with van der Waals surface area (Å²) in [5, 5.41) is 7.55. The fraction of sp³-hybridized carbons (Fsp3) is 0.280. The quantitative estimate of drug-likeness (QED) is 0.259.